The van der Waals surface area contributed by atoms with Crippen LogP contribution in [0.5, 0.6) is 0 Å². The van der Waals surface area contributed by atoms with Crippen LogP contribution in [0, 0.1) is 17.8 Å². The zero-order valence-electron chi connectivity index (χ0n) is 19.6. The Bertz CT molecular complexity index is 1180. The van der Waals surface area contributed by atoms with E-state index in [-0.39, 0.29) is 0 Å². The van der Waals surface area contributed by atoms with Crippen molar-refractivity contribution in [2.24, 2.45) is 17.8 Å². The molecule has 0 radical (unpaired) electrons. The van der Waals surface area contributed by atoms with Crippen LogP contribution in [0.4, 0.5) is 5.69 Å². The third-order valence-corrected chi connectivity index (χ3v) is 8.00. The molecular formula is C29H34N4. The second-order valence-electron chi connectivity index (χ2n) is 10.2. The minimum Gasteiger partial charge on any atom is -0.389 e. The number of aromatic nitrogens is 1. The van der Waals surface area contributed by atoms with Crippen molar-refractivity contribution in [1.29, 1.82) is 0 Å². The number of anilines is 1. The number of fused-ring (bicyclic) bond motifs is 2. The lowest BCUT2D eigenvalue weighted by molar-refractivity contribution is 0.346. The van der Waals surface area contributed by atoms with E-state index in [2.05, 4.69) is 77.6 Å². The molecule has 2 aromatic carbocycles. The number of hydrogen-bond acceptors (Lipinski definition) is 4. The van der Waals surface area contributed by atoms with Crippen molar-refractivity contribution in [3.8, 4) is 11.3 Å². The zero-order valence-corrected chi connectivity index (χ0v) is 19.6. The third-order valence-electron chi connectivity index (χ3n) is 8.00. The van der Waals surface area contributed by atoms with Crippen molar-refractivity contribution >= 4 is 16.6 Å². The van der Waals surface area contributed by atoms with Crippen LogP contribution in [0.15, 0.2) is 60.8 Å². The summed E-state index contributed by atoms with van der Waals surface area (Å²) in [5.41, 5.74) is 8.71. The molecule has 0 spiro atoms. The van der Waals surface area contributed by atoms with Crippen molar-refractivity contribution in [1.82, 2.24) is 15.6 Å². The fourth-order valence-electron chi connectivity index (χ4n) is 5.83. The summed E-state index contributed by atoms with van der Waals surface area (Å²) in [4.78, 5) is 7.73. The highest BCUT2D eigenvalue weighted by atomic mass is 15.2. The smallest absolute Gasteiger partial charge is 0.0733 e. The van der Waals surface area contributed by atoms with Crippen LogP contribution in [-0.4, -0.2) is 37.7 Å². The SMILES string of the molecule is C=C1NCCC2CN(c3cc(-c4ccc(CC5CNC5)cc4)nc4cc(CC)ccc34)CC12. The van der Waals surface area contributed by atoms with Gasteiger partial charge in [-0.3, -0.25) is 0 Å². The monoisotopic (exact) mass is 438 g/mol. The number of nitrogens with one attached hydrogen (secondary N) is 2. The van der Waals surface area contributed by atoms with Crippen LogP contribution in [0.1, 0.15) is 24.5 Å². The number of piperidine rings is 1. The summed E-state index contributed by atoms with van der Waals surface area (Å²) in [7, 11) is 0. The fraction of sp³-hybridized carbons (Fsp3) is 0.414. The van der Waals surface area contributed by atoms with Crippen LogP contribution in [-0.2, 0) is 12.8 Å². The molecule has 4 heterocycles. The van der Waals surface area contributed by atoms with Gasteiger partial charge in [0.1, 0.15) is 0 Å². The van der Waals surface area contributed by atoms with Gasteiger partial charge in [-0.25, -0.2) is 4.98 Å². The van der Waals surface area contributed by atoms with Gasteiger partial charge >= 0.3 is 0 Å². The Morgan fingerprint density at radius 3 is 2.58 bits per heavy atom. The molecule has 3 saturated heterocycles. The summed E-state index contributed by atoms with van der Waals surface area (Å²) in [5, 5.41) is 8.15. The minimum absolute atomic E-state index is 0.542. The van der Waals surface area contributed by atoms with Crippen LogP contribution in [0.3, 0.4) is 0 Å². The molecule has 170 valence electrons. The summed E-state index contributed by atoms with van der Waals surface area (Å²) in [5.74, 6) is 2.03. The van der Waals surface area contributed by atoms with Gasteiger partial charge in [-0.2, -0.15) is 0 Å². The quantitative estimate of drug-likeness (QED) is 0.601. The normalized spacial score (nSPS) is 22.8. The first-order valence-corrected chi connectivity index (χ1v) is 12.6. The number of rotatable bonds is 5. The van der Waals surface area contributed by atoms with Crippen molar-refractivity contribution in [2.45, 2.75) is 26.2 Å². The molecule has 6 rings (SSSR count). The van der Waals surface area contributed by atoms with Crippen molar-refractivity contribution in [2.75, 3.05) is 37.6 Å². The molecule has 4 nitrogen and oxygen atoms in total. The van der Waals surface area contributed by atoms with Gasteiger partial charge in [0.15, 0.2) is 0 Å². The van der Waals surface area contributed by atoms with Gasteiger partial charge in [0.25, 0.3) is 0 Å². The van der Waals surface area contributed by atoms with Crippen LogP contribution in [0.25, 0.3) is 22.2 Å². The Morgan fingerprint density at radius 1 is 1.03 bits per heavy atom. The maximum Gasteiger partial charge on any atom is 0.0733 e. The first-order valence-electron chi connectivity index (χ1n) is 12.6. The molecule has 3 aliphatic rings. The van der Waals surface area contributed by atoms with E-state index in [1.54, 1.807) is 0 Å². The van der Waals surface area contributed by atoms with E-state index >= 15 is 0 Å². The minimum atomic E-state index is 0.542. The van der Waals surface area contributed by atoms with Gasteiger partial charge in [0.05, 0.1) is 11.2 Å². The van der Waals surface area contributed by atoms with Gasteiger partial charge in [-0.1, -0.05) is 49.9 Å². The van der Waals surface area contributed by atoms with Gasteiger partial charge in [0.2, 0.25) is 0 Å². The van der Waals surface area contributed by atoms with E-state index in [0.717, 1.165) is 62.7 Å². The van der Waals surface area contributed by atoms with Gasteiger partial charge in [-0.05, 0) is 67.4 Å². The molecule has 0 amide bonds. The molecule has 3 aliphatic heterocycles. The highest BCUT2D eigenvalue weighted by Gasteiger charge is 2.37. The molecule has 2 atom stereocenters. The van der Waals surface area contributed by atoms with E-state index < -0.39 is 0 Å². The molecule has 2 N–H and O–H groups in total. The zero-order chi connectivity index (χ0) is 22.4. The molecule has 33 heavy (non-hydrogen) atoms. The van der Waals surface area contributed by atoms with E-state index in [0.29, 0.717) is 11.8 Å². The summed E-state index contributed by atoms with van der Waals surface area (Å²) in [6.07, 6.45) is 3.42. The second kappa shape index (κ2) is 8.49. The maximum absolute atomic E-state index is 5.14. The predicted molar refractivity (Wildman–Crippen MR) is 138 cm³/mol. The molecule has 1 aromatic heterocycles. The van der Waals surface area contributed by atoms with Gasteiger partial charge in [-0.15, -0.1) is 0 Å². The van der Waals surface area contributed by atoms with E-state index in [1.165, 1.54) is 39.9 Å². The van der Waals surface area contributed by atoms with E-state index in [9.17, 15) is 0 Å². The molecule has 3 aromatic rings. The van der Waals surface area contributed by atoms with Crippen molar-refractivity contribution < 1.29 is 0 Å². The molecule has 3 fully saturated rings. The summed E-state index contributed by atoms with van der Waals surface area (Å²) in [6, 6.07) is 18.3. The lowest BCUT2D eigenvalue weighted by Crippen LogP contribution is -2.43. The Balaban J connectivity index is 1.38. The van der Waals surface area contributed by atoms with Crippen molar-refractivity contribution in [3.63, 3.8) is 0 Å². The number of aryl methyl sites for hydroxylation is 1. The lowest BCUT2D eigenvalue weighted by atomic mass is 9.87. The molecule has 2 unspecified atom stereocenters. The van der Waals surface area contributed by atoms with Crippen LogP contribution < -0.4 is 15.5 Å². The highest BCUT2D eigenvalue weighted by Crippen LogP contribution is 2.39. The summed E-state index contributed by atoms with van der Waals surface area (Å²) in [6.45, 7) is 12.0. The first-order chi connectivity index (χ1) is 16.2. The van der Waals surface area contributed by atoms with Crippen molar-refractivity contribution in [3.05, 3.63) is 71.9 Å². The molecule has 0 aliphatic carbocycles. The maximum atomic E-state index is 5.14. The molecular weight excluding hydrogens is 404 g/mol. The Kier molecular flexibility index (Phi) is 5.34. The molecule has 4 heteroatoms. The number of nitrogens with zero attached hydrogens (tertiary/aromatic N) is 2. The highest BCUT2D eigenvalue weighted by molar-refractivity contribution is 5.95. The number of benzene rings is 2. The Hall–Kier alpha value is -2.85. The standard InChI is InChI=1S/C29H34N4/c1-3-20-6-9-25-28(13-20)32-27(23-7-4-21(5-8-23)12-22-15-30-16-22)14-29(25)33-17-24-10-11-31-19(2)26(24)18-33/h4-9,13-14,22,24,26,30-31H,2-3,10-12,15-18H2,1H3. The Labute approximate surface area is 197 Å². The van der Waals surface area contributed by atoms with E-state index in [1.807, 2.05) is 0 Å². The predicted octanol–water partition coefficient (Wildman–Crippen LogP) is 4.79. The molecule has 0 bridgehead atoms. The van der Waals surface area contributed by atoms with Crippen LogP contribution in [0.2, 0.25) is 0 Å². The average Bonchev–Trinajstić information content (AvgIpc) is 3.26. The molecule has 0 saturated carbocycles. The summed E-state index contributed by atoms with van der Waals surface area (Å²) < 4.78 is 0. The topological polar surface area (TPSA) is 40.2 Å². The number of pyridine rings is 1. The number of hydrogen-bond donors (Lipinski definition) is 2. The average molecular weight is 439 g/mol. The largest absolute Gasteiger partial charge is 0.389 e. The second-order valence-corrected chi connectivity index (χ2v) is 10.2. The Morgan fingerprint density at radius 2 is 1.85 bits per heavy atom. The third kappa shape index (κ3) is 3.91. The van der Waals surface area contributed by atoms with E-state index in [4.69, 9.17) is 4.98 Å². The van der Waals surface area contributed by atoms with Gasteiger partial charge < -0.3 is 15.5 Å². The summed E-state index contributed by atoms with van der Waals surface area (Å²) >= 11 is 0. The lowest BCUT2D eigenvalue weighted by Gasteiger charge is -2.27. The van der Waals surface area contributed by atoms with Crippen LogP contribution >= 0.6 is 0 Å². The fourth-order valence-corrected chi connectivity index (χ4v) is 5.83. The first kappa shape index (κ1) is 20.7. The van der Waals surface area contributed by atoms with Gasteiger partial charge in [0, 0.05) is 47.9 Å².